The van der Waals surface area contributed by atoms with Crippen molar-refractivity contribution in [2.24, 2.45) is 0 Å². The van der Waals surface area contributed by atoms with E-state index in [0.29, 0.717) is 10.7 Å². The summed E-state index contributed by atoms with van der Waals surface area (Å²) in [5.41, 5.74) is 0.511. The molecule has 7 heteroatoms. The van der Waals surface area contributed by atoms with Gasteiger partial charge in [0.1, 0.15) is 17.4 Å². The third kappa shape index (κ3) is 5.38. The SMILES string of the molecule is N#CC(=Cc1ccc(Sc2ccc(Cl)cc2)s1)C(=O)Nc1ccc(O)cc1. The number of halogens is 1. The van der Waals surface area contributed by atoms with Gasteiger partial charge in [0.15, 0.2) is 0 Å². The molecule has 0 saturated carbocycles. The van der Waals surface area contributed by atoms with Crippen molar-refractivity contribution in [2.75, 3.05) is 5.32 Å². The van der Waals surface area contributed by atoms with E-state index < -0.39 is 5.91 Å². The fourth-order valence-electron chi connectivity index (χ4n) is 2.12. The van der Waals surface area contributed by atoms with Gasteiger partial charge in [0.05, 0.1) is 4.21 Å². The maximum atomic E-state index is 12.3. The average molecular weight is 413 g/mol. The normalized spacial score (nSPS) is 11.0. The molecule has 3 rings (SSSR count). The zero-order chi connectivity index (χ0) is 19.2. The summed E-state index contributed by atoms with van der Waals surface area (Å²) in [6.07, 6.45) is 1.56. The predicted molar refractivity (Wildman–Crippen MR) is 110 cm³/mol. The van der Waals surface area contributed by atoms with Gasteiger partial charge in [-0.15, -0.1) is 11.3 Å². The second kappa shape index (κ2) is 8.78. The van der Waals surface area contributed by atoms with Crippen molar-refractivity contribution < 1.29 is 9.90 Å². The van der Waals surface area contributed by atoms with Crippen molar-refractivity contribution in [2.45, 2.75) is 9.10 Å². The number of nitriles is 1. The Hall–Kier alpha value is -2.72. The number of rotatable bonds is 5. The number of aromatic hydroxyl groups is 1. The van der Waals surface area contributed by atoms with Crippen molar-refractivity contribution in [1.29, 1.82) is 5.26 Å². The molecule has 0 bridgehead atoms. The molecular weight excluding hydrogens is 400 g/mol. The van der Waals surface area contributed by atoms with Crippen LogP contribution in [0.5, 0.6) is 5.75 Å². The van der Waals surface area contributed by atoms with Crippen molar-refractivity contribution in [1.82, 2.24) is 0 Å². The van der Waals surface area contributed by atoms with Gasteiger partial charge in [-0.05, 0) is 66.7 Å². The van der Waals surface area contributed by atoms with Crippen molar-refractivity contribution in [3.05, 3.63) is 76.1 Å². The first-order valence-electron chi connectivity index (χ1n) is 7.79. The molecule has 0 aliphatic carbocycles. The standard InChI is InChI=1S/C20H13ClN2O2S2/c21-14-1-7-17(8-2-14)26-19-10-9-18(27-19)11-13(12-22)20(25)23-15-3-5-16(24)6-4-15/h1-11,24H,(H,23,25). The van der Waals surface area contributed by atoms with Crippen LogP contribution in [0.3, 0.4) is 0 Å². The van der Waals surface area contributed by atoms with Gasteiger partial charge in [-0.25, -0.2) is 0 Å². The van der Waals surface area contributed by atoms with Crippen LogP contribution < -0.4 is 5.32 Å². The Kier molecular flexibility index (Phi) is 6.20. The monoisotopic (exact) mass is 412 g/mol. The molecule has 2 aromatic carbocycles. The maximum Gasteiger partial charge on any atom is 0.266 e. The Morgan fingerprint density at radius 2 is 1.81 bits per heavy atom. The number of nitrogens with zero attached hydrogens (tertiary/aromatic N) is 1. The third-order valence-electron chi connectivity index (χ3n) is 3.41. The first-order chi connectivity index (χ1) is 13.0. The van der Waals surface area contributed by atoms with Gasteiger partial charge in [-0.2, -0.15) is 5.26 Å². The average Bonchev–Trinajstić information content (AvgIpc) is 3.10. The Morgan fingerprint density at radius 1 is 1.11 bits per heavy atom. The summed E-state index contributed by atoms with van der Waals surface area (Å²) in [7, 11) is 0. The van der Waals surface area contributed by atoms with Crippen molar-refractivity contribution >= 4 is 52.4 Å². The molecule has 0 radical (unpaired) electrons. The quantitative estimate of drug-likeness (QED) is 0.315. The molecule has 27 heavy (non-hydrogen) atoms. The van der Waals surface area contributed by atoms with Gasteiger partial charge in [0.2, 0.25) is 0 Å². The fraction of sp³-hybridized carbons (Fsp3) is 0. The third-order valence-corrected chi connectivity index (χ3v) is 5.84. The largest absolute Gasteiger partial charge is 0.508 e. The van der Waals surface area contributed by atoms with Crippen molar-refractivity contribution in [3.63, 3.8) is 0 Å². The Balaban J connectivity index is 1.71. The summed E-state index contributed by atoms with van der Waals surface area (Å²) >= 11 is 8.97. The molecule has 0 fully saturated rings. The van der Waals surface area contributed by atoms with Gasteiger partial charge >= 0.3 is 0 Å². The maximum absolute atomic E-state index is 12.3. The molecule has 0 aliphatic rings. The molecule has 0 saturated heterocycles. The number of hydrogen-bond donors (Lipinski definition) is 2. The van der Waals surface area contributed by atoms with E-state index in [1.807, 2.05) is 42.5 Å². The number of amides is 1. The van der Waals surface area contributed by atoms with Crippen LogP contribution in [0.15, 0.2) is 75.3 Å². The number of hydrogen-bond acceptors (Lipinski definition) is 5. The van der Waals surface area contributed by atoms with Crippen LogP contribution in [0.4, 0.5) is 5.69 Å². The minimum Gasteiger partial charge on any atom is -0.508 e. The van der Waals surface area contributed by atoms with Crippen LogP contribution in [0, 0.1) is 11.3 Å². The van der Waals surface area contributed by atoms with Gasteiger partial charge in [-0.3, -0.25) is 4.79 Å². The van der Waals surface area contributed by atoms with Crippen LogP contribution in [0.1, 0.15) is 4.88 Å². The number of nitrogens with one attached hydrogen (secondary N) is 1. The molecule has 1 amide bonds. The highest BCUT2D eigenvalue weighted by Crippen LogP contribution is 2.34. The van der Waals surface area contributed by atoms with Gasteiger partial charge in [0, 0.05) is 20.5 Å². The zero-order valence-corrected chi connectivity index (χ0v) is 16.2. The molecule has 1 aromatic heterocycles. The number of phenolic OH excluding ortho intramolecular Hbond substituents is 1. The van der Waals surface area contributed by atoms with E-state index in [1.54, 1.807) is 30.0 Å². The molecule has 134 valence electrons. The molecule has 0 unspecified atom stereocenters. The minimum atomic E-state index is -0.497. The lowest BCUT2D eigenvalue weighted by Gasteiger charge is -2.03. The lowest BCUT2D eigenvalue weighted by atomic mass is 10.2. The highest BCUT2D eigenvalue weighted by atomic mass is 35.5. The van der Waals surface area contributed by atoms with Crippen LogP contribution in [-0.4, -0.2) is 11.0 Å². The summed E-state index contributed by atoms with van der Waals surface area (Å²) in [6, 6.07) is 19.3. The van der Waals surface area contributed by atoms with Crippen LogP contribution in [-0.2, 0) is 4.79 Å². The lowest BCUT2D eigenvalue weighted by Crippen LogP contribution is -2.13. The number of thiophene rings is 1. The van der Waals surface area contributed by atoms with Crippen LogP contribution >= 0.6 is 34.7 Å². The summed E-state index contributed by atoms with van der Waals surface area (Å²) in [4.78, 5) is 14.2. The van der Waals surface area contributed by atoms with Crippen molar-refractivity contribution in [3.8, 4) is 11.8 Å². The van der Waals surface area contributed by atoms with E-state index in [1.165, 1.54) is 23.5 Å². The second-order valence-electron chi connectivity index (χ2n) is 5.38. The first-order valence-corrected chi connectivity index (χ1v) is 9.80. The van der Waals surface area contributed by atoms with Gasteiger partial charge in [-0.1, -0.05) is 23.4 Å². The summed E-state index contributed by atoms with van der Waals surface area (Å²) < 4.78 is 1.04. The van der Waals surface area contributed by atoms with E-state index in [2.05, 4.69) is 5.32 Å². The van der Waals surface area contributed by atoms with E-state index in [-0.39, 0.29) is 11.3 Å². The topological polar surface area (TPSA) is 73.1 Å². The van der Waals surface area contributed by atoms with E-state index in [9.17, 15) is 15.2 Å². The first kappa shape index (κ1) is 19.1. The summed E-state index contributed by atoms with van der Waals surface area (Å²) in [6.45, 7) is 0. The molecule has 2 N–H and O–H groups in total. The molecule has 3 aromatic rings. The number of phenols is 1. The Bertz CT molecular complexity index is 1020. The molecule has 0 atom stereocenters. The fourth-order valence-corrected chi connectivity index (χ4v) is 4.31. The second-order valence-corrected chi connectivity index (χ2v) is 8.31. The summed E-state index contributed by atoms with van der Waals surface area (Å²) in [5.74, 6) is -0.392. The predicted octanol–water partition coefficient (Wildman–Crippen LogP) is 5.80. The van der Waals surface area contributed by atoms with Crippen LogP contribution in [0.25, 0.3) is 6.08 Å². The minimum absolute atomic E-state index is 0.00738. The number of anilines is 1. The highest BCUT2D eigenvalue weighted by Gasteiger charge is 2.11. The molecule has 0 aliphatic heterocycles. The number of carbonyl (C=O) groups excluding carboxylic acids is 1. The number of benzene rings is 2. The van der Waals surface area contributed by atoms with Gasteiger partial charge < -0.3 is 10.4 Å². The molecule has 1 heterocycles. The van der Waals surface area contributed by atoms with Crippen LogP contribution in [0.2, 0.25) is 5.02 Å². The lowest BCUT2D eigenvalue weighted by molar-refractivity contribution is -0.112. The van der Waals surface area contributed by atoms with Gasteiger partial charge in [0.25, 0.3) is 5.91 Å². The smallest absolute Gasteiger partial charge is 0.266 e. The number of carbonyl (C=O) groups is 1. The zero-order valence-electron chi connectivity index (χ0n) is 13.8. The molecule has 0 spiro atoms. The Labute approximate surface area is 169 Å². The molecule has 4 nitrogen and oxygen atoms in total. The summed E-state index contributed by atoms with van der Waals surface area (Å²) in [5, 5.41) is 21.9. The van der Waals surface area contributed by atoms with E-state index in [0.717, 1.165) is 14.0 Å². The molecular formula is C20H13ClN2O2S2. The highest BCUT2D eigenvalue weighted by molar-refractivity contribution is 8.01. The van der Waals surface area contributed by atoms with E-state index >= 15 is 0 Å². The Morgan fingerprint density at radius 3 is 2.48 bits per heavy atom. The van der Waals surface area contributed by atoms with E-state index in [4.69, 9.17) is 11.6 Å².